The van der Waals surface area contributed by atoms with Gasteiger partial charge >= 0.3 is 0 Å². The van der Waals surface area contributed by atoms with E-state index >= 15 is 0 Å². The van der Waals surface area contributed by atoms with Gasteiger partial charge in [-0.05, 0) is 32.0 Å². The molecule has 3 N–H and O–H groups in total. The number of rotatable bonds is 5. The molecule has 0 aliphatic heterocycles. The molecule has 1 aromatic rings. The second-order valence-electron chi connectivity index (χ2n) is 5.34. The molecule has 0 aromatic carbocycles. The van der Waals surface area contributed by atoms with Crippen LogP contribution in [-0.2, 0) is 0 Å². The van der Waals surface area contributed by atoms with Crippen LogP contribution in [0.15, 0.2) is 12.1 Å². The van der Waals surface area contributed by atoms with Gasteiger partial charge in [0.2, 0.25) is 0 Å². The van der Waals surface area contributed by atoms with E-state index in [4.69, 9.17) is 5.73 Å². The molecule has 2 rings (SSSR count). The SMILES string of the molecule is CN(CCNC(=O)c1ccc(C#CCN)s1)C1CCCC1. The number of carbonyl (C=O) groups is 1. The number of nitrogens with two attached hydrogens (primary N) is 1. The highest BCUT2D eigenvalue weighted by atomic mass is 32.1. The lowest BCUT2D eigenvalue weighted by Gasteiger charge is -2.23. The topological polar surface area (TPSA) is 58.4 Å². The van der Waals surface area contributed by atoms with Crippen LogP contribution in [0.5, 0.6) is 0 Å². The summed E-state index contributed by atoms with van der Waals surface area (Å²) >= 11 is 1.41. The second-order valence-corrected chi connectivity index (χ2v) is 6.43. The molecule has 114 valence electrons. The first-order chi connectivity index (χ1) is 10.2. The maximum absolute atomic E-state index is 12.0. The van der Waals surface area contributed by atoms with Crippen molar-refractivity contribution in [3.05, 3.63) is 21.9 Å². The Morgan fingerprint density at radius 3 is 2.95 bits per heavy atom. The fraction of sp³-hybridized carbons (Fsp3) is 0.562. The Balaban J connectivity index is 1.75. The highest BCUT2D eigenvalue weighted by molar-refractivity contribution is 7.14. The number of likely N-dealkylation sites (N-methyl/N-ethyl adjacent to an activating group) is 1. The normalized spacial score (nSPS) is 15.0. The number of amides is 1. The summed E-state index contributed by atoms with van der Waals surface area (Å²) in [5.74, 6) is 5.73. The summed E-state index contributed by atoms with van der Waals surface area (Å²) in [6, 6.07) is 4.38. The molecule has 1 aliphatic rings. The lowest BCUT2D eigenvalue weighted by atomic mass is 10.2. The molecular formula is C16H23N3OS. The van der Waals surface area contributed by atoms with Crippen molar-refractivity contribution in [3.8, 4) is 11.8 Å². The smallest absolute Gasteiger partial charge is 0.261 e. The molecule has 21 heavy (non-hydrogen) atoms. The monoisotopic (exact) mass is 305 g/mol. The molecular weight excluding hydrogens is 282 g/mol. The van der Waals surface area contributed by atoms with Gasteiger partial charge in [-0.15, -0.1) is 11.3 Å². The largest absolute Gasteiger partial charge is 0.350 e. The first-order valence-corrected chi connectivity index (χ1v) is 8.29. The molecule has 0 unspecified atom stereocenters. The van der Waals surface area contributed by atoms with Crippen LogP contribution in [0.25, 0.3) is 0 Å². The lowest BCUT2D eigenvalue weighted by molar-refractivity contribution is 0.0951. The number of nitrogens with zero attached hydrogens (tertiary/aromatic N) is 1. The minimum Gasteiger partial charge on any atom is -0.350 e. The third-order valence-corrected chi connectivity index (χ3v) is 4.84. The van der Waals surface area contributed by atoms with E-state index in [-0.39, 0.29) is 5.91 Å². The van der Waals surface area contributed by atoms with Gasteiger partial charge in [-0.1, -0.05) is 24.7 Å². The van der Waals surface area contributed by atoms with Gasteiger partial charge in [0.1, 0.15) is 0 Å². The van der Waals surface area contributed by atoms with Crippen LogP contribution in [0.3, 0.4) is 0 Å². The maximum Gasteiger partial charge on any atom is 0.261 e. The van der Waals surface area contributed by atoms with Gasteiger partial charge in [0.05, 0.1) is 16.3 Å². The van der Waals surface area contributed by atoms with E-state index in [0.29, 0.717) is 24.0 Å². The number of hydrogen-bond donors (Lipinski definition) is 2. The third kappa shape index (κ3) is 4.85. The molecule has 4 nitrogen and oxygen atoms in total. The Bertz CT molecular complexity index is 523. The van der Waals surface area contributed by atoms with Gasteiger partial charge < -0.3 is 16.0 Å². The highest BCUT2D eigenvalue weighted by Gasteiger charge is 2.19. The van der Waals surface area contributed by atoms with Gasteiger partial charge in [-0.25, -0.2) is 0 Å². The molecule has 1 heterocycles. The van der Waals surface area contributed by atoms with Crippen LogP contribution in [0.2, 0.25) is 0 Å². The summed E-state index contributed by atoms with van der Waals surface area (Å²) in [7, 11) is 2.15. The molecule has 0 spiro atoms. The Hall–Kier alpha value is -1.35. The summed E-state index contributed by atoms with van der Waals surface area (Å²) in [5.41, 5.74) is 5.34. The van der Waals surface area contributed by atoms with Crippen molar-refractivity contribution < 1.29 is 4.79 Å². The lowest BCUT2D eigenvalue weighted by Crippen LogP contribution is -2.37. The molecule has 5 heteroatoms. The number of hydrogen-bond acceptors (Lipinski definition) is 4. The molecule has 0 bridgehead atoms. The number of carbonyl (C=O) groups excluding carboxylic acids is 1. The predicted molar refractivity (Wildman–Crippen MR) is 87.5 cm³/mol. The Morgan fingerprint density at radius 2 is 2.24 bits per heavy atom. The molecule has 0 radical (unpaired) electrons. The Morgan fingerprint density at radius 1 is 1.48 bits per heavy atom. The van der Waals surface area contributed by atoms with Crippen LogP contribution in [0.4, 0.5) is 0 Å². The highest BCUT2D eigenvalue weighted by Crippen LogP contribution is 2.21. The van der Waals surface area contributed by atoms with Crippen molar-refractivity contribution in [2.45, 2.75) is 31.7 Å². The Kier molecular flexibility index (Phi) is 6.24. The first-order valence-electron chi connectivity index (χ1n) is 7.48. The number of thiophene rings is 1. The van der Waals surface area contributed by atoms with E-state index in [1.165, 1.54) is 37.0 Å². The third-order valence-electron chi connectivity index (χ3n) is 3.84. The average Bonchev–Trinajstić information content (AvgIpc) is 3.16. The number of nitrogens with one attached hydrogen (secondary N) is 1. The summed E-state index contributed by atoms with van der Waals surface area (Å²) in [6.07, 6.45) is 5.25. The molecule has 0 atom stereocenters. The van der Waals surface area contributed by atoms with E-state index in [0.717, 1.165) is 11.4 Å². The van der Waals surface area contributed by atoms with Crippen molar-refractivity contribution in [1.29, 1.82) is 0 Å². The molecule has 1 amide bonds. The van der Waals surface area contributed by atoms with Gasteiger partial charge in [0.15, 0.2) is 0 Å². The van der Waals surface area contributed by atoms with Crippen LogP contribution < -0.4 is 11.1 Å². The molecule has 0 saturated heterocycles. The fourth-order valence-electron chi connectivity index (χ4n) is 2.63. The zero-order valence-corrected chi connectivity index (χ0v) is 13.3. The van der Waals surface area contributed by atoms with Crippen LogP contribution in [-0.4, -0.2) is 43.5 Å². The van der Waals surface area contributed by atoms with Crippen molar-refractivity contribution in [2.75, 3.05) is 26.7 Å². The zero-order valence-electron chi connectivity index (χ0n) is 12.5. The van der Waals surface area contributed by atoms with Crippen molar-refractivity contribution in [2.24, 2.45) is 5.73 Å². The summed E-state index contributed by atoms with van der Waals surface area (Å²) in [6.45, 7) is 1.93. The van der Waals surface area contributed by atoms with Gasteiger partial charge in [0.25, 0.3) is 5.91 Å². The molecule has 1 fully saturated rings. The van der Waals surface area contributed by atoms with E-state index in [2.05, 4.69) is 29.1 Å². The average molecular weight is 305 g/mol. The van der Waals surface area contributed by atoms with Crippen LogP contribution in [0, 0.1) is 11.8 Å². The van der Waals surface area contributed by atoms with E-state index in [9.17, 15) is 4.79 Å². The minimum absolute atomic E-state index is 0.0133. The van der Waals surface area contributed by atoms with Crippen LogP contribution in [0.1, 0.15) is 40.2 Å². The van der Waals surface area contributed by atoms with Gasteiger partial charge in [0, 0.05) is 19.1 Å². The zero-order chi connectivity index (χ0) is 15.1. The Labute approximate surface area is 130 Å². The summed E-state index contributed by atoms with van der Waals surface area (Å²) < 4.78 is 0. The van der Waals surface area contributed by atoms with E-state index in [1.54, 1.807) is 0 Å². The summed E-state index contributed by atoms with van der Waals surface area (Å²) in [5, 5.41) is 2.98. The van der Waals surface area contributed by atoms with Gasteiger partial charge in [-0.2, -0.15) is 0 Å². The predicted octanol–water partition coefficient (Wildman–Crippen LogP) is 1.66. The van der Waals surface area contributed by atoms with Crippen LogP contribution >= 0.6 is 11.3 Å². The van der Waals surface area contributed by atoms with Crippen molar-refractivity contribution in [1.82, 2.24) is 10.2 Å². The fourth-order valence-corrected chi connectivity index (χ4v) is 3.42. The first kappa shape index (κ1) is 16.0. The molecule has 1 aromatic heterocycles. The molecule has 1 saturated carbocycles. The second kappa shape index (κ2) is 8.18. The van der Waals surface area contributed by atoms with E-state index < -0.39 is 0 Å². The standard InChI is InChI=1S/C16H23N3OS/c1-19(13-5-2-3-6-13)12-11-18-16(20)15-9-8-14(21-15)7-4-10-17/h8-9,13H,2-3,5-6,10-12,17H2,1H3,(H,18,20). The maximum atomic E-state index is 12.0. The van der Waals surface area contributed by atoms with E-state index in [1.807, 2.05) is 12.1 Å². The van der Waals surface area contributed by atoms with Crippen molar-refractivity contribution in [3.63, 3.8) is 0 Å². The van der Waals surface area contributed by atoms with Gasteiger partial charge in [-0.3, -0.25) is 4.79 Å². The molecule has 1 aliphatic carbocycles. The minimum atomic E-state index is -0.0133. The van der Waals surface area contributed by atoms with Crippen molar-refractivity contribution >= 4 is 17.2 Å². The quantitative estimate of drug-likeness (QED) is 0.814. The summed E-state index contributed by atoms with van der Waals surface area (Å²) in [4.78, 5) is 16.0.